The van der Waals surface area contributed by atoms with Gasteiger partial charge in [-0.2, -0.15) is 13.2 Å². The van der Waals surface area contributed by atoms with Crippen LogP contribution in [0.2, 0.25) is 0 Å². The predicted octanol–water partition coefficient (Wildman–Crippen LogP) is 3.00. The molecule has 0 radical (unpaired) electrons. The molecular formula is C17H15F3N4O3S. The molecule has 28 heavy (non-hydrogen) atoms. The molecule has 3 rings (SSSR count). The largest absolute Gasteiger partial charge is 0.494 e. The van der Waals surface area contributed by atoms with Crippen LogP contribution in [-0.2, 0) is 16.2 Å². The Morgan fingerprint density at radius 2 is 1.68 bits per heavy atom. The highest BCUT2D eigenvalue weighted by atomic mass is 32.2. The van der Waals surface area contributed by atoms with E-state index in [4.69, 9.17) is 9.88 Å². The molecule has 11 heteroatoms. The molecule has 0 atom stereocenters. The van der Waals surface area contributed by atoms with Gasteiger partial charge in [0.15, 0.2) is 5.82 Å². The third-order valence-corrected chi connectivity index (χ3v) is 4.62. The number of aromatic nitrogens is 3. The van der Waals surface area contributed by atoms with Gasteiger partial charge in [-0.05, 0) is 55.5 Å². The van der Waals surface area contributed by atoms with Gasteiger partial charge in [-0.3, -0.25) is 0 Å². The fourth-order valence-electron chi connectivity index (χ4n) is 2.44. The van der Waals surface area contributed by atoms with E-state index in [1.165, 1.54) is 24.3 Å². The average Bonchev–Trinajstić information content (AvgIpc) is 3.08. The molecule has 2 aromatic carbocycles. The summed E-state index contributed by atoms with van der Waals surface area (Å²) >= 11 is 0. The van der Waals surface area contributed by atoms with Crippen LogP contribution in [0.5, 0.6) is 5.75 Å². The third kappa shape index (κ3) is 4.15. The van der Waals surface area contributed by atoms with Crippen molar-refractivity contribution in [3.8, 4) is 22.8 Å². The summed E-state index contributed by atoms with van der Waals surface area (Å²) in [6, 6.07) is 11.3. The van der Waals surface area contributed by atoms with Gasteiger partial charge in [-0.1, -0.05) is 0 Å². The van der Waals surface area contributed by atoms with Gasteiger partial charge in [0.25, 0.3) is 5.82 Å². The van der Waals surface area contributed by atoms with Crippen molar-refractivity contribution in [2.45, 2.75) is 18.0 Å². The summed E-state index contributed by atoms with van der Waals surface area (Å²) in [6.07, 6.45) is -4.74. The molecule has 2 N–H and O–H groups in total. The highest BCUT2D eigenvalue weighted by Gasteiger charge is 2.37. The molecule has 1 heterocycles. The van der Waals surface area contributed by atoms with E-state index in [1.54, 1.807) is 24.3 Å². The number of halogens is 3. The third-order valence-electron chi connectivity index (χ3n) is 3.69. The zero-order chi connectivity index (χ0) is 20.5. The summed E-state index contributed by atoms with van der Waals surface area (Å²) < 4.78 is 68.5. The van der Waals surface area contributed by atoms with Crippen molar-refractivity contribution in [2.24, 2.45) is 5.14 Å². The van der Waals surface area contributed by atoms with E-state index in [9.17, 15) is 21.6 Å². The van der Waals surface area contributed by atoms with Gasteiger partial charge < -0.3 is 4.74 Å². The van der Waals surface area contributed by atoms with Crippen LogP contribution in [0.15, 0.2) is 53.4 Å². The van der Waals surface area contributed by atoms with Crippen molar-refractivity contribution in [1.29, 1.82) is 0 Å². The lowest BCUT2D eigenvalue weighted by molar-refractivity contribution is -0.144. The molecule has 0 aliphatic rings. The maximum Gasteiger partial charge on any atom is 0.453 e. The van der Waals surface area contributed by atoms with E-state index >= 15 is 0 Å². The minimum absolute atomic E-state index is 0.0567. The second kappa shape index (κ2) is 7.24. The van der Waals surface area contributed by atoms with Crippen LogP contribution in [0.1, 0.15) is 12.7 Å². The maximum atomic E-state index is 13.1. The number of hydrogen-bond donors (Lipinski definition) is 1. The van der Waals surface area contributed by atoms with Crippen LogP contribution >= 0.6 is 0 Å². The van der Waals surface area contributed by atoms with Gasteiger partial charge in [0, 0.05) is 5.56 Å². The van der Waals surface area contributed by atoms with Gasteiger partial charge in [0.2, 0.25) is 10.0 Å². The molecule has 0 spiro atoms. The van der Waals surface area contributed by atoms with Gasteiger partial charge in [0.05, 0.1) is 17.2 Å². The van der Waals surface area contributed by atoms with E-state index < -0.39 is 22.0 Å². The topological polar surface area (TPSA) is 100 Å². The smallest absolute Gasteiger partial charge is 0.453 e. The molecule has 0 amide bonds. The Balaban J connectivity index is 2.10. The lowest BCUT2D eigenvalue weighted by Gasteiger charge is -2.08. The second-order valence-corrected chi connectivity index (χ2v) is 7.23. The second-order valence-electron chi connectivity index (χ2n) is 5.66. The Hall–Kier alpha value is -2.92. The van der Waals surface area contributed by atoms with Crippen molar-refractivity contribution in [3.05, 3.63) is 54.4 Å². The number of nitrogens with two attached hydrogens (primary N) is 1. The first-order valence-corrected chi connectivity index (χ1v) is 9.55. The molecule has 0 fully saturated rings. The Morgan fingerprint density at radius 1 is 1.07 bits per heavy atom. The Bertz CT molecular complexity index is 1080. The van der Waals surface area contributed by atoms with Crippen LogP contribution < -0.4 is 9.88 Å². The molecular weight excluding hydrogens is 397 g/mol. The number of alkyl halides is 3. The number of ether oxygens (including phenoxy) is 1. The monoisotopic (exact) mass is 412 g/mol. The highest BCUT2D eigenvalue weighted by molar-refractivity contribution is 7.89. The lowest BCUT2D eigenvalue weighted by atomic mass is 10.2. The highest BCUT2D eigenvalue weighted by Crippen LogP contribution is 2.31. The van der Waals surface area contributed by atoms with E-state index in [1.807, 2.05) is 6.92 Å². The fraction of sp³-hybridized carbons (Fsp3) is 0.176. The van der Waals surface area contributed by atoms with Crippen LogP contribution in [0, 0.1) is 0 Å². The van der Waals surface area contributed by atoms with E-state index in [0.717, 1.165) is 4.68 Å². The van der Waals surface area contributed by atoms with Gasteiger partial charge >= 0.3 is 6.18 Å². The Kier molecular flexibility index (Phi) is 5.13. The quantitative estimate of drug-likeness (QED) is 0.694. The number of benzene rings is 2. The number of sulfonamides is 1. The molecule has 148 valence electrons. The molecule has 0 aliphatic heterocycles. The maximum absolute atomic E-state index is 13.1. The van der Waals surface area contributed by atoms with Crippen molar-refractivity contribution in [2.75, 3.05) is 6.61 Å². The minimum atomic E-state index is -4.74. The average molecular weight is 412 g/mol. The summed E-state index contributed by atoms with van der Waals surface area (Å²) in [5, 5.41) is 8.59. The van der Waals surface area contributed by atoms with Crippen LogP contribution in [0.4, 0.5) is 13.2 Å². The first kappa shape index (κ1) is 19.8. The van der Waals surface area contributed by atoms with E-state index in [-0.39, 0.29) is 16.4 Å². The predicted molar refractivity (Wildman–Crippen MR) is 94.3 cm³/mol. The minimum Gasteiger partial charge on any atom is -0.494 e. The van der Waals surface area contributed by atoms with Crippen LogP contribution in [0.3, 0.4) is 0 Å². The zero-order valence-electron chi connectivity index (χ0n) is 14.5. The van der Waals surface area contributed by atoms with Gasteiger partial charge in [-0.15, -0.1) is 5.10 Å². The summed E-state index contributed by atoms with van der Waals surface area (Å²) in [4.78, 5) is 3.45. The molecule has 0 aliphatic carbocycles. The standard InChI is InChI=1S/C17H15F3N4O3S/c1-2-27-13-7-3-11(4-8-13)15-22-16(17(18,19)20)23-24(15)12-5-9-14(10-6-12)28(21,25)26/h3-10H,2H2,1H3,(H2,21,25,26). The van der Waals surface area contributed by atoms with Crippen LogP contribution in [-0.4, -0.2) is 29.8 Å². The van der Waals surface area contributed by atoms with Crippen molar-refractivity contribution >= 4 is 10.0 Å². The Labute approximate surface area is 158 Å². The summed E-state index contributed by atoms with van der Waals surface area (Å²) in [6.45, 7) is 2.26. The number of nitrogens with zero attached hydrogens (tertiary/aromatic N) is 3. The fourth-order valence-corrected chi connectivity index (χ4v) is 2.96. The van der Waals surface area contributed by atoms with E-state index in [0.29, 0.717) is 17.9 Å². The van der Waals surface area contributed by atoms with Crippen LogP contribution in [0.25, 0.3) is 17.1 Å². The molecule has 7 nitrogen and oxygen atoms in total. The lowest BCUT2D eigenvalue weighted by Crippen LogP contribution is -2.12. The van der Waals surface area contributed by atoms with E-state index in [2.05, 4.69) is 10.1 Å². The van der Waals surface area contributed by atoms with Gasteiger partial charge in [0.1, 0.15) is 5.75 Å². The zero-order valence-corrected chi connectivity index (χ0v) is 15.3. The molecule has 0 unspecified atom stereocenters. The summed E-state index contributed by atoms with van der Waals surface area (Å²) in [7, 11) is -3.93. The Morgan fingerprint density at radius 3 is 2.18 bits per heavy atom. The first-order chi connectivity index (χ1) is 13.1. The van der Waals surface area contributed by atoms with Gasteiger partial charge in [-0.25, -0.2) is 23.2 Å². The SMILES string of the molecule is CCOc1ccc(-c2nc(C(F)(F)F)nn2-c2ccc(S(N)(=O)=O)cc2)cc1. The van der Waals surface area contributed by atoms with Crippen molar-refractivity contribution in [1.82, 2.24) is 14.8 Å². The summed E-state index contributed by atoms with van der Waals surface area (Å²) in [5.41, 5.74) is 0.571. The normalized spacial score (nSPS) is 12.2. The molecule has 0 bridgehead atoms. The molecule has 0 saturated heterocycles. The molecule has 0 saturated carbocycles. The summed E-state index contributed by atoms with van der Waals surface area (Å²) in [5.74, 6) is -0.809. The number of hydrogen-bond acceptors (Lipinski definition) is 5. The number of primary sulfonamides is 1. The van der Waals surface area contributed by atoms with Crippen molar-refractivity contribution in [3.63, 3.8) is 0 Å². The first-order valence-electron chi connectivity index (χ1n) is 8.00. The molecule has 3 aromatic rings. The number of rotatable bonds is 5. The van der Waals surface area contributed by atoms with Crippen molar-refractivity contribution < 1.29 is 26.3 Å². The molecule has 1 aromatic heterocycles.